The minimum Gasteiger partial charge on any atom is -0.361 e. The lowest BCUT2D eigenvalue weighted by Crippen LogP contribution is -2.40. The van der Waals surface area contributed by atoms with Gasteiger partial charge >= 0.3 is 0 Å². The van der Waals surface area contributed by atoms with E-state index in [9.17, 15) is 9.59 Å². The van der Waals surface area contributed by atoms with Gasteiger partial charge in [0.25, 0.3) is 0 Å². The Kier molecular flexibility index (Phi) is 5.34. The average Bonchev–Trinajstić information content (AvgIpc) is 3.12. The summed E-state index contributed by atoms with van der Waals surface area (Å²) in [4.78, 5) is 24.1. The number of H-pyrrole nitrogens is 1. The second-order valence-corrected chi connectivity index (χ2v) is 8.18. The van der Waals surface area contributed by atoms with Gasteiger partial charge in [-0.25, -0.2) is 0 Å². The van der Waals surface area contributed by atoms with Gasteiger partial charge in [-0.2, -0.15) is 5.10 Å². The SMILES string of the molecule is Cc1cc(CC(=O)Nc2cc(C3CC(C)(CC(=O)NC(C)C)C3)[nH]n2)on1. The highest BCUT2D eigenvalue weighted by atomic mass is 16.5. The number of aromatic nitrogens is 3. The van der Waals surface area contributed by atoms with E-state index in [1.165, 1.54) is 0 Å². The van der Waals surface area contributed by atoms with Crippen molar-refractivity contribution in [3.05, 3.63) is 29.3 Å². The molecule has 2 aromatic heterocycles. The summed E-state index contributed by atoms with van der Waals surface area (Å²) in [5.41, 5.74) is 1.75. The van der Waals surface area contributed by atoms with E-state index in [4.69, 9.17) is 4.52 Å². The Hall–Kier alpha value is -2.64. The predicted octanol–water partition coefficient (Wildman–Crippen LogP) is 2.69. The quantitative estimate of drug-likeness (QED) is 0.691. The molecule has 2 amide bonds. The van der Waals surface area contributed by atoms with Gasteiger partial charge in [0.15, 0.2) is 5.82 Å². The summed E-state index contributed by atoms with van der Waals surface area (Å²) in [6.45, 7) is 7.88. The number of anilines is 1. The Morgan fingerprint density at radius 3 is 2.70 bits per heavy atom. The number of nitrogens with one attached hydrogen (secondary N) is 3. The Balaban J connectivity index is 1.48. The molecule has 8 heteroatoms. The van der Waals surface area contributed by atoms with Gasteiger partial charge in [-0.05, 0) is 39.0 Å². The van der Waals surface area contributed by atoms with Gasteiger partial charge in [0.1, 0.15) is 5.76 Å². The van der Waals surface area contributed by atoms with Gasteiger partial charge in [-0.15, -0.1) is 0 Å². The summed E-state index contributed by atoms with van der Waals surface area (Å²) < 4.78 is 5.05. The normalized spacial score (nSPS) is 21.7. The zero-order valence-corrected chi connectivity index (χ0v) is 16.3. The third-order valence-corrected chi connectivity index (χ3v) is 4.83. The topological polar surface area (TPSA) is 113 Å². The van der Waals surface area contributed by atoms with Crippen LogP contribution < -0.4 is 10.6 Å². The Morgan fingerprint density at radius 2 is 2.07 bits per heavy atom. The summed E-state index contributed by atoms with van der Waals surface area (Å²) >= 11 is 0. The minimum atomic E-state index is -0.201. The molecule has 3 N–H and O–H groups in total. The molecule has 1 aliphatic rings. The summed E-state index contributed by atoms with van der Waals surface area (Å²) in [6, 6.07) is 3.76. The maximum Gasteiger partial charge on any atom is 0.233 e. The summed E-state index contributed by atoms with van der Waals surface area (Å²) in [5, 5.41) is 16.7. The highest BCUT2D eigenvalue weighted by Crippen LogP contribution is 2.52. The molecule has 1 saturated carbocycles. The number of carbonyl (C=O) groups excluding carboxylic acids is 2. The average molecular weight is 373 g/mol. The third-order valence-electron chi connectivity index (χ3n) is 4.83. The molecule has 0 bridgehead atoms. The number of aromatic amines is 1. The van der Waals surface area contributed by atoms with Gasteiger partial charge < -0.3 is 15.2 Å². The van der Waals surface area contributed by atoms with Crippen molar-refractivity contribution in [2.24, 2.45) is 5.41 Å². The van der Waals surface area contributed by atoms with E-state index >= 15 is 0 Å². The van der Waals surface area contributed by atoms with Crippen LogP contribution in [-0.2, 0) is 16.0 Å². The lowest BCUT2D eigenvalue weighted by Gasteiger charge is -2.44. The maximum atomic E-state index is 12.1. The first-order chi connectivity index (χ1) is 12.7. The second kappa shape index (κ2) is 7.54. The van der Waals surface area contributed by atoms with E-state index in [1.807, 2.05) is 26.8 Å². The van der Waals surface area contributed by atoms with Crippen LogP contribution in [0.1, 0.15) is 63.1 Å². The van der Waals surface area contributed by atoms with Crippen LogP contribution in [0.3, 0.4) is 0 Å². The smallest absolute Gasteiger partial charge is 0.233 e. The van der Waals surface area contributed by atoms with Gasteiger partial charge in [0, 0.05) is 36.2 Å². The van der Waals surface area contributed by atoms with E-state index in [0.717, 1.165) is 24.2 Å². The van der Waals surface area contributed by atoms with Gasteiger partial charge in [0.2, 0.25) is 11.8 Å². The molecule has 0 unspecified atom stereocenters. The van der Waals surface area contributed by atoms with Crippen LogP contribution in [0.2, 0.25) is 0 Å². The number of amides is 2. The fourth-order valence-electron chi connectivity index (χ4n) is 3.71. The van der Waals surface area contributed by atoms with Crippen LogP contribution in [0.25, 0.3) is 0 Å². The highest BCUT2D eigenvalue weighted by molar-refractivity contribution is 5.91. The molecule has 3 rings (SSSR count). The molecule has 27 heavy (non-hydrogen) atoms. The lowest BCUT2D eigenvalue weighted by atomic mass is 9.60. The van der Waals surface area contributed by atoms with Crippen molar-refractivity contribution in [2.45, 2.75) is 65.3 Å². The maximum absolute atomic E-state index is 12.1. The fourth-order valence-corrected chi connectivity index (χ4v) is 3.71. The number of aryl methyl sites for hydroxylation is 1. The van der Waals surface area contributed by atoms with Crippen LogP contribution >= 0.6 is 0 Å². The van der Waals surface area contributed by atoms with Crippen molar-refractivity contribution in [3.63, 3.8) is 0 Å². The molecular weight excluding hydrogens is 346 g/mol. The van der Waals surface area contributed by atoms with E-state index < -0.39 is 0 Å². The zero-order valence-electron chi connectivity index (χ0n) is 16.3. The number of hydrogen-bond acceptors (Lipinski definition) is 5. The minimum absolute atomic E-state index is 0.0162. The van der Waals surface area contributed by atoms with Gasteiger partial charge in [-0.3, -0.25) is 14.7 Å². The molecule has 1 aliphatic carbocycles. The number of nitrogens with zero attached hydrogens (tertiary/aromatic N) is 2. The predicted molar refractivity (Wildman–Crippen MR) is 100 cm³/mol. The van der Waals surface area contributed by atoms with Crippen molar-refractivity contribution in [1.29, 1.82) is 0 Å². The van der Waals surface area contributed by atoms with E-state index in [2.05, 4.69) is 32.9 Å². The molecule has 1 fully saturated rings. The first kappa shape index (κ1) is 19.1. The van der Waals surface area contributed by atoms with Crippen molar-refractivity contribution in [2.75, 3.05) is 5.32 Å². The fraction of sp³-hybridized carbons (Fsp3) is 0.579. The van der Waals surface area contributed by atoms with Crippen molar-refractivity contribution in [1.82, 2.24) is 20.7 Å². The standard InChI is InChI=1S/C19H27N5O3/c1-11(2)20-18(26)10-19(4)8-13(9-19)15-7-16(23-22-15)21-17(25)6-14-5-12(3)24-27-14/h5,7,11,13H,6,8-10H2,1-4H3,(H,20,26)(H2,21,22,23,25). The number of hydrogen-bond donors (Lipinski definition) is 3. The van der Waals surface area contributed by atoms with Crippen LogP contribution in [-0.4, -0.2) is 33.2 Å². The zero-order chi connectivity index (χ0) is 19.6. The van der Waals surface area contributed by atoms with Crippen molar-refractivity contribution < 1.29 is 14.1 Å². The molecule has 0 saturated heterocycles. The van der Waals surface area contributed by atoms with E-state index in [0.29, 0.717) is 23.9 Å². The molecule has 0 aromatic carbocycles. The van der Waals surface area contributed by atoms with Gasteiger partial charge in [-0.1, -0.05) is 12.1 Å². The largest absolute Gasteiger partial charge is 0.361 e. The van der Waals surface area contributed by atoms with Gasteiger partial charge in [0.05, 0.1) is 12.1 Å². The van der Waals surface area contributed by atoms with Crippen LogP contribution in [0.5, 0.6) is 0 Å². The molecule has 146 valence electrons. The molecule has 0 radical (unpaired) electrons. The van der Waals surface area contributed by atoms with E-state index in [-0.39, 0.29) is 29.7 Å². The van der Waals surface area contributed by atoms with Crippen molar-refractivity contribution >= 4 is 17.6 Å². The molecule has 8 nitrogen and oxygen atoms in total. The second-order valence-electron chi connectivity index (χ2n) is 8.18. The molecule has 0 atom stereocenters. The number of rotatable bonds is 7. The van der Waals surface area contributed by atoms with Crippen molar-refractivity contribution in [3.8, 4) is 0 Å². The highest BCUT2D eigenvalue weighted by Gasteiger charge is 2.43. The summed E-state index contributed by atoms with van der Waals surface area (Å²) in [6.07, 6.45) is 2.50. The summed E-state index contributed by atoms with van der Waals surface area (Å²) in [7, 11) is 0. The van der Waals surface area contributed by atoms with Crippen LogP contribution in [0, 0.1) is 12.3 Å². The molecule has 2 heterocycles. The first-order valence-corrected chi connectivity index (χ1v) is 9.29. The third kappa shape index (κ3) is 4.96. The van der Waals surface area contributed by atoms with Crippen LogP contribution in [0.15, 0.2) is 16.7 Å². The van der Waals surface area contributed by atoms with Crippen LogP contribution in [0.4, 0.5) is 5.82 Å². The number of carbonyl (C=O) groups is 2. The molecule has 2 aromatic rings. The first-order valence-electron chi connectivity index (χ1n) is 9.29. The monoisotopic (exact) mass is 373 g/mol. The lowest BCUT2D eigenvalue weighted by molar-refractivity contribution is -0.125. The molecule has 0 spiro atoms. The molecular formula is C19H27N5O3. The summed E-state index contributed by atoms with van der Waals surface area (Å²) in [5.74, 6) is 1.25. The van der Waals surface area contributed by atoms with E-state index in [1.54, 1.807) is 6.07 Å². The Labute approximate surface area is 158 Å². The molecule has 0 aliphatic heterocycles. The Bertz CT molecular complexity index is 817. The Morgan fingerprint density at radius 1 is 1.33 bits per heavy atom.